The molecule has 0 radical (unpaired) electrons. The maximum absolute atomic E-state index is 14.4. The van der Waals surface area contributed by atoms with Crippen LogP contribution in [0, 0.1) is 19.7 Å². The lowest BCUT2D eigenvalue weighted by Crippen LogP contribution is -2.25. The van der Waals surface area contributed by atoms with Crippen molar-refractivity contribution in [2.75, 3.05) is 7.11 Å². The number of halogens is 1. The Morgan fingerprint density at radius 3 is 1.82 bits per heavy atom. The van der Waals surface area contributed by atoms with Crippen LogP contribution in [0.15, 0.2) is 39.9 Å². The van der Waals surface area contributed by atoms with E-state index in [9.17, 15) is 24.2 Å². The Kier molecular flexibility index (Phi) is 4.96. The van der Waals surface area contributed by atoms with Crippen molar-refractivity contribution in [3.8, 4) is 17.2 Å². The first kappa shape index (κ1) is 19.2. The molecule has 2 aromatic heterocycles. The van der Waals surface area contributed by atoms with Crippen molar-refractivity contribution in [1.29, 1.82) is 0 Å². The third kappa shape index (κ3) is 3.36. The minimum absolute atomic E-state index is 0.0217. The van der Waals surface area contributed by atoms with Crippen LogP contribution in [-0.2, 0) is 0 Å². The fourth-order valence-electron chi connectivity index (χ4n) is 3.26. The van der Waals surface area contributed by atoms with E-state index in [1.807, 2.05) is 0 Å². The van der Waals surface area contributed by atoms with Crippen LogP contribution in [0.2, 0.25) is 0 Å². The fourth-order valence-corrected chi connectivity index (χ4v) is 3.26. The molecule has 28 heavy (non-hydrogen) atoms. The third-order valence-corrected chi connectivity index (χ3v) is 4.46. The van der Waals surface area contributed by atoms with Gasteiger partial charge in [-0.1, -0.05) is 6.07 Å². The minimum Gasteiger partial charge on any atom is -0.507 e. The molecule has 2 heterocycles. The second-order valence-corrected chi connectivity index (χ2v) is 6.49. The number of aromatic amines is 2. The number of hydrogen-bond acceptors (Lipinski definition) is 5. The molecule has 0 saturated heterocycles. The van der Waals surface area contributed by atoms with Gasteiger partial charge in [0.25, 0.3) is 11.1 Å². The molecule has 146 valence electrons. The molecule has 0 saturated carbocycles. The molecule has 0 unspecified atom stereocenters. The quantitative estimate of drug-likeness (QED) is 0.550. The van der Waals surface area contributed by atoms with Gasteiger partial charge in [0.2, 0.25) is 0 Å². The Hall–Kier alpha value is -3.55. The number of aryl methyl sites for hydroxylation is 2. The number of rotatable bonds is 4. The van der Waals surface area contributed by atoms with E-state index < -0.39 is 22.9 Å². The molecule has 4 N–H and O–H groups in total. The van der Waals surface area contributed by atoms with Gasteiger partial charge in [-0.3, -0.25) is 9.59 Å². The summed E-state index contributed by atoms with van der Waals surface area (Å²) in [4.78, 5) is 30.4. The molecule has 0 amide bonds. The largest absolute Gasteiger partial charge is 0.507 e. The first-order valence-corrected chi connectivity index (χ1v) is 8.42. The van der Waals surface area contributed by atoms with E-state index in [4.69, 9.17) is 4.74 Å². The van der Waals surface area contributed by atoms with Gasteiger partial charge in [0.15, 0.2) is 11.6 Å². The molecule has 0 fully saturated rings. The molecule has 7 nitrogen and oxygen atoms in total. The van der Waals surface area contributed by atoms with Crippen molar-refractivity contribution in [2.45, 2.75) is 19.8 Å². The molecule has 8 heteroatoms. The SMILES string of the molecule is COc1ccc(C(c2c(O)cc(C)[nH]c2=O)c2c(O)cc(C)[nH]c2=O)cc1F. The summed E-state index contributed by atoms with van der Waals surface area (Å²) < 4.78 is 19.3. The van der Waals surface area contributed by atoms with Gasteiger partial charge in [-0.05, 0) is 43.7 Å². The lowest BCUT2D eigenvalue weighted by molar-refractivity contribution is 0.386. The molecule has 3 rings (SSSR count). The van der Waals surface area contributed by atoms with Crippen molar-refractivity contribution < 1.29 is 19.3 Å². The predicted molar refractivity (Wildman–Crippen MR) is 101 cm³/mol. The highest BCUT2D eigenvalue weighted by atomic mass is 19.1. The average Bonchev–Trinajstić information content (AvgIpc) is 2.58. The van der Waals surface area contributed by atoms with Crippen LogP contribution in [0.3, 0.4) is 0 Å². The normalized spacial score (nSPS) is 11.0. The van der Waals surface area contributed by atoms with Gasteiger partial charge >= 0.3 is 0 Å². The standard InChI is InChI=1S/C20H19FN2O5/c1-9-6-13(24)17(19(26)22-9)16(11-4-5-15(28-3)12(21)8-11)18-14(25)7-10(2)23-20(18)27/h4-8,16H,1-3H3,(H2,22,24,26)(H2,23,25,27). The van der Waals surface area contributed by atoms with E-state index in [0.717, 1.165) is 6.07 Å². The second-order valence-electron chi connectivity index (χ2n) is 6.49. The Bertz CT molecular complexity index is 1100. The lowest BCUT2D eigenvalue weighted by Gasteiger charge is -2.20. The lowest BCUT2D eigenvalue weighted by atomic mass is 9.85. The molecule has 0 bridgehead atoms. The van der Waals surface area contributed by atoms with Gasteiger partial charge in [0, 0.05) is 11.4 Å². The number of aromatic nitrogens is 2. The molecule has 0 aliphatic rings. The van der Waals surface area contributed by atoms with Crippen molar-refractivity contribution in [3.05, 3.63) is 84.9 Å². The molecule has 0 spiro atoms. The van der Waals surface area contributed by atoms with Crippen LogP contribution in [-0.4, -0.2) is 27.3 Å². The van der Waals surface area contributed by atoms with E-state index in [-0.39, 0.29) is 33.9 Å². The third-order valence-electron chi connectivity index (χ3n) is 4.46. The molecule has 3 aromatic rings. The highest BCUT2D eigenvalue weighted by Gasteiger charge is 2.29. The number of methoxy groups -OCH3 is 1. The van der Waals surface area contributed by atoms with Crippen LogP contribution in [0.5, 0.6) is 17.2 Å². The second kappa shape index (κ2) is 7.22. The summed E-state index contributed by atoms with van der Waals surface area (Å²) >= 11 is 0. The summed E-state index contributed by atoms with van der Waals surface area (Å²) in [7, 11) is 1.31. The highest BCUT2D eigenvalue weighted by molar-refractivity contribution is 5.52. The zero-order chi connectivity index (χ0) is 20.6. The molecule has 1 aromatic carbocycles. The van der Waals surface area contributed by atoms with Gasteiger partial charge in [-0.2, -0.15) is 0 Å². The van der Waals surface area contributed by atoms with Crippen LogP contribution in [0.4, 0.5) is 4.39 Å². The molecular weight excluding hydrogens is 367 g/mol. The summed E-state index contributed by atoms with van der Waals surface area (Å²) in [6, 6.07) is 6.55. The summed E-state index contributed by atoms with van der Waals surface area (Å²) in [5, 5.41) is 20.9. The van der Waals surface area contributed by atoms with E-state index in [1.54, 1.807) is 13.8 Å². The van der Waals surface area contributed by atoms with Crippen molar-refractivity contribution in [1.82, 2.24) is 9.97 Å². The maximum atomic E-state index is 14.4. The predicted octanol–water partition coefficient (Wildman–Crippen LogP) is 2.42. The number of benzene rings is 1. The average molecular weight is 386 g/mol. The minimum atomic E-state index is -1.21. The first-order valence-electron chi connectivity index (χ1n) is 8.42. The van der Waals surface area contributed by atoms with Gasteiger partial charge < -0.3 is 24.9 Å². The van der Waals surface area contributed by atoms with E-state index >= 15 is 0 Å². The molecule has 0 aliphatic heterocycles. The number of hydrogen-bond donors (Lipinski definition) is 4. The van der Waals surface area contributed by atoms with Crippen LogP contribution in [0.25, 0.3) is 0 Å². The van der Waals surface area contributed by atoms with Gasteiger partial charge in [0.05, 0.1) is 24.2 Å². The molecule has 0 atom stereocenters. The molecule has 0 aliphatic carbocycles. The Morgan fingerprint density at radius 1 is 0.929 bits per heavy atom. The van der Waals surface area contributed by atoms with Crippen molar-refractivity contribution in [2.24, 2.45) is 0 Å². The number of aromatic hydroxyl groups is 2. The highest BCUT2D eigenvalue weighted by Crippen LogP contribution is 2.38. The maximum Gasteiger partial charge on any atom is 0.256 e. The van der Waals surface area contributed by atoms with Gasteiger partial charge in [-0.15, -0.1) is 0 Å². The van der Waals surface area contributed by atoms with Gasteiger partial charge in [-0.25, -0.2) is 4.39 Å². The van der Waals surface area contributed by atoms with Crippen molar-refractivity contribution >= 4 is 0 Å². The van der Waals surface area contributed by atoms with Crippen molar-refractivity contribution in [3.63, 3.8) is 0 Å². The van der Waals surface area contributed by atoms with Crippen LogP contribution >= 0.6 is 0 Å². The summed E-state index contributed by atoms with van der Waals surface area (Å²) in [6.07, 6.45) is 0. The number of nitrogens with one attached hydrogen (secondary N) is 2. The summed E-state index contributed by atoms with van der Waals surface area (Å²) in [5.41, 5.74) is -0.663. The van der Waals surface area contributed by atoms with Gasteiger partial charge in [0.1, 0.15) is 11.5 Å². The summed E-state index contributed by atoms with van der Waals surface area (Å²) in [5.74, 6) is -2.69. The summed E-state index contributed by atoms with van der Waals surface area (Å²) in [6.45, 7) is 3.17. The number of ether oxygens (including phenoxy) is 1. The number of pyridine rings is 2. The number of H-pyrrole nitrogens is 2. The first-order chi connectivity index (χ1) is 13.2. The Balaban J connectivity index is 2.38. The molecular formula is C20H19FN2O5. The smallest absolute Gasteiger partial charge is 0.256 e. The van der Waals surface area contributed by atoms with E-state index in [2.05, 4.69) is 9.97 Å². The van der Waals surface area contributed by atoms with Crippen LogP contribution in [0.1, 0.15) is 34.0 Å². The van der Waals surface area contributed by atoms with E-state index in [0.29, 0.717) is 11.4 Å². The topological polar surface area (TPSA) is 115 Å². The monoisotopic (exact) mass is 386 g/mol. The van der Waals surface area contributed by atoms with E-state index in [1.165, 1.54) is 31.4 Å². The van der Waals surface area contributed by atoms with Crippen LogP contribution < -0.4 is 15.9 Å². The Morgan fingerprint density at radius 2 is 1.43 bits per heavy atom. The zero-order valence-corrected chi connectivity index (χ0v) is 15.5. The Labute approximate surface area is 159 Å². The fraction of sp³-hybridized carbons (Fsp3) is 0.200. The zero-order valence-electron chi connectivity index (χ0n) is 15.5.